The number of hydrazone groups is 1. The summed E-state index contributed by atoms with van der Waals surface area (Å²) in [4.78, 5) is 12.0. The van der Waals surface area contributed by atoms with Crippen molar-refractivity contribution < 1.29 is 14.3 Å². The van der Waals surface area contributed by atoms with Crippen molar-refractivity contribution in [1.82, 2.24) is 5.43 Å². The van der Waals surface area contributed by atoms with Crippen molar-refractivity contribution in [3.63, 3.8) is 0 Å². The Balaban J connectivity index is 1.51. The average Bonchev–Trinajstić information content (AvgIpc) is 2.80. The molecule has 0 radical (unpaired) electrons. The SMILES string of the molecule is COc1cc(/C=N\NC(=O)CSCc2ccc(C)cc2)cc(Br)c1OCc1ccccc1. The van der Waals surface area contributed by atoms with E-state index in [-0.39, 0.29) is 5.91 Å². The summed E-state index contributed by atoms with van der Waals surface area (Å²) < 4.78 is 12.2. The lowest BCUT2D eigenvalue weighted by Crippen LogP contribution is -2.19. The van der Waals surface area contributed by atoms with Crippen LogP contribution in [0.1, 0.15) is 22.3 Å². The predicted octanol–water partition coefficient (Wildman–Crippen LogP) is 5.73. The summed E-state index contributed by atoms with van der Waals surface area (Å²) in [6.45, 7) is 2.49. The number of benzene rings is 3. The first-order chi connectivity index (χ1) is 15.5. The summed E-state index contributed by atoms with van der Waals surface area (Å²) >= 11 is 5.09. The Kier molecular flexibility index (Phi) is 9.19. The third-order valence-electron chi connectivity index (χ3n) is 4.50. The average molecular weight is 513 g/mol. The van der Waals surface area contributed by atoms with Gasteiger partial charge in [-0.25, -0.2) is 5.43 Å². The molecule has 0 aromatic heterocycles. The van der Waals surface area contributed by atoms with Gasteiger partial charge in [0.1, 0.15) is 6.61 Å². The molecule has 0 unspecified atom stereocenters. The highest BCUT2D eigenvalue weighted by Gasteiger charge is 2.11. The summed E-state index contributed by atoms with van der Waals surface area (Å²) in [5.74, 6) is 2.17. The summed E-state index contributed by atoms with van der Waals surface area (Å²) in [5.41, 5.74) is 6.83. The molecule has 32 heavy (non-hydrogen) atoms. The molecule has 0 fully saturated rings. The second-order valence-corrected chi connectivity index (χ2v) is 8.92. The maximum Gasteiger partial charge on any atom is 0.250 e. The van der Waals surface area contributed by atoms with Crippen LogP contribution >= 0.6 is 27.7 Å². The Bertz CT molecular complexity index is 1060. The molecule has 0 aliphatic heterocycles. The molecule has 1 N–H and O–H groups in total. The van der Waals surface area contributed by atoms with E-state index in [1.54, 1.807) is 25.1 Å². The van der Waals surface area contributed by atoms with Gasteiger partial charge in [0.15, 0.2) is 11.5 Å². The number of halogens is 1. The number of amides is 1. The van der Waals surface area contributed by atoms with Gasteiger partial charge in [-0.3, -0.25) is 4.79 Å². The number of hydrogen-bond acceptors (Lipinski definition) is 5. The highest BCUT2D eigenvalue weighted by atomic mass is 79.9. The fourth-order valence-electron chi connectivity index (χ4n) is 2.84. The highest BCUT2D eigenvalue weighted by molar-refractivity contribution is 9.10. The monoisotopic (exact) mass is 512 g/mol. The van der Waals surface area contributed by atoms with Crippen LogP contribution in [0.3, 0.4) is 0 Å². The van der Waals surface area contributed by atoms with Crippen LogP contribution in [0.2, 0.25) is 0 Å². The summed E-state index contributed by atoms with van der Waals surface area (Å²) in [6, 6.07) is 21.9. The maximum absolute atomic E-state index is 12.0. The lowest BCUT2D eigenvalue weighted by atomic mass is 10.2. The number of aryl methyl sites for hydroxylation is 1. The molecule has 3 aromatic rings. The minimum atomic E-state index is -0.146. The normalized spacial score (nSPS) is 10.8. The minimum absolute atomic E-state index is 0.146. The second-order valence-electron chi connectivity index (χ2n) is 7.08. The molecule has 0 bridgehead atoms. The van der Waals surface area contributed by atoms with E-state index in [1.165, 1.54) is 11.1 Å². The molecule has 0 spiro atoms. The van der Waals surface area contributed by atoms with Crippen molar-refractivity contribution in [2.75, 3.05) is 12.9 Å². The number of methoxy groups -OCH3 is 1. The van der Waals surface area contributed by atoms with Gasteiger partial charge in [0.2, 0.25) is 5.91 Å². The molecule has 3 aromatic carbocycles. The van der Waals surface area contributed by atoms with Crippen LogP contribution in [0.4, 0.5) is 0 Å². The third-order valence-corrected chi connectivity index (χ3v) is 6.10. The predicted molar refractivity (Wildman–Crippen MR) is 135 cm³/mol. The van der Waals surface area contributed by atoms with Gasteiger partial charge in [-0.2, -0.15) is 5.10 Å². The Labute approximate surface area is 201 Å². The smallest absolute Gasteiger partial charge is 0.250 e. The zero-order chi connectivity index (χ0) is 22.8. The molecule has 7 heteroatoms. The fourth-order valence-corrected chi connectivity index (χ4v) is 4.20. The molecule has 0 saturated carbocycles. The second kappa shape index (κ2) is 12.3. The van der Waals surface area contributed by atoms with Crippen LogP contribution in [0, 0.1) is 6.92 Å². The Morgan fingerprint density at radius 2 is 1.84 bits per heavy atom. The Hall–Kier alpha value is -2.77. The summed E-state index contributed by atoms with van der Waals surface area (Å²) in [7, 11) is 1.59. The number of nitrogens with one attached hydrogen (secondary N) is 1. The van der Waals surface area contributed by atoms with Crippen LogP contribution in [-0.4, -0.2) is 25.0 Å². The molecule has 0 aliphatic carbocycles. The minimum Gasteiger partial charge on any atom is -0.493 e. The molecule has 0 heterocycles. The van der Waals surface area contributed by atoms with Gasteiger partial charge in [-0.05, 0) is 51.7 Å². The highest BCUT2D eigenvalue weighted by Crippen LogP contribution is 2.36. The van der Waals surface area contributed by atoms with Crippen molar-refractivity contribution >= 4 is 39.8 Å². The third kappa shape index (κ3) is 7.43. The van der Waals surface area contributed by atoms with E-state index in [0.717, 1.165) is 21.4 Å². The number of nitrogens with zero attached hydrogens (tertiary/aromatic N) is 1. The van der Waals surface area contributed by atoms with Gasteiger partial charge in [0.05, 0.1) is 23.5 Å². The number of hydrogen-bond donors (Lipinski definition) is 1. The van der Waals surface area contributed by atoms with Crippen molar-refractivity contribution in [1.29, 1.82) is 0 Å². The van der Waals surface area contributed by atoms with E-state index in [0.29, 0.717) is 23.9 Å². The van der Waals surface area contributed by atoms with Crippen LogP contribution in [0.25, 0.3) is 0 Å². The van der Waals surface area contributed by atoms with Gasteiger partial charge < -0.3 is 9.47 Å². The van der Waals surface area contributed by atoms with Gasteiger partial charge in [-0.15, -0.1) is 11.8 Å². The summed E-state index contributed by atoms with van der Waals surface area (Å²) in [6.07, 6.45) is 1.58. The molecule has 166 valence electrons. The summed E-state index contributed by atoms with van der Waals surface area (Å²) in [5, 5.41) is 4.06. The molecule has 3 rings (SSSR count). The molecule has 5 nitrogen and oxygen atoms in total. The number of carbonyl (C=O) groups is 1. The van der Waals surface area contributed by atoms with Crippen LogP contribution in [-0.2, 0) is 17.2 Å². The first-order valence-corrected chi connectivity index (χ1v) is 12.0. The van der Waals surface area contributed by atoms with E-state index >= 15 is 0 Å². The maximum atomic E-state index is 12.0. The van der Waals surface area contributed by atoms with Gasteiger partial charge >= 0.3 is 0 Å². The zero-order valence-electron chi connectivity index (χ0n) is 18.0. The largest absolute Gasteiger partial charge is 0.493 e. The van der Waals surface area contributed by atoms with Crippen molar-refractivity contribution in [3.05, 3.63) is 93.5 Å². The first-order valence-electron chi connectivity index (χ1n) is 10.0. The van der Waals surface area contributed by atoms with Crippen LogP contribution in [0.5, 0.6) is 11.5 Å². The topological polar surface area (TPSA) is 59.9 Å². The van der Waals surface area contributed by atoms with Crippen molar-refractivity contribution in [2.24, 2.45) is 5.10 Å². The quantitative estimate of drug-likeness (QED) is 0.278. The Morgan fingerprint density at radius 1 is 1.09 bits per heavy atom. The van der Waals surface area contributed by atoms with Crippen LogP contribution < -0.4 is 14.9 Å². The van der Waals surface area contributed by atoms with E-state index in [2.05, 4.69) is 57.6 Å². The lowest BCUT2D eigenvalue weighted by molar-refractivity contribution is -0.118. The number of rotatable bonds is 10. The Morgan fingerprint density at radius 3 is 2.56 bits per heavy atom. The standard InChI is InChI=1S/C25H25BrN2O3S/c1-18-8-10-20(11-9-18)16-32-17-24(29)28-27-14-21-12-22(26)25(23(13-21)30-2)31-15-19-6-4-3-5-7-19/h3-14H,15-17H2,1-2H3,(H,28,29)/b27-14-. The molecule has 1 amide bonds. The van der Waals surface area contributed by atoms with Gasteiger partial charge in [-0.1, -0.05) is 60.2 Å². The number of thioether (sulfide) groups is 1. The fraction of sp³-hybridized carbons (Fsp3) is 0.200. The molecular weight excluding hydrogens is 488 g/mol. The van der Waals surface area contributed by atoms with Gasteiger partial charge in [0.25, 0.3) is 0 Å². The number of ether oxygens (including phenoxy) is 2. The lowest BCUT2D eigenvalue weighted by Gasteiger charge is -2.13. The van der Waals surface area contributed by atoms with Gasteiger partial charge in [0, 0.05) is 5.75 Å². The first kappa shape index (κ1) is 23.9. The van der Waals surface area contributed by atoms with Crippen LogP contribution in [0.15, 0.2) is 76.3 Å². The van der Waals surface area contributed by atoms with E-state index in [4.69, 9.17) is 9.47 Å². The zero-order valence-corrected chi connectivity index (χ0v) is 20.4. The molecule has 0 atom stereocenters. The van der Waals surface area contributed by atoms with Crippen molar-refractivity contribution in [2.45, 2.75) is 19.3 Å². The number of carbonyl (C=O) groups excluding carboxylic acids is 1. The van der Waals surface area contributed by atoms with Crippen molar-refractivity contribution in [3.8, 4) is 11.5 Å². The molecule has 0 aliphatic rings. The van der Waals surface area contributed by atoms with E-state index in [9.17, 15) is 4.79 Å². The molecular formula is C25H25BrN2O3S. The molecule has 0 saturated heterocycles. The van der Waals surface area contributed by atoms with E-state index in [1.807, 2.05) is 42.5 Å². The van der Waals surface area contributed by atoms with E-state index < -0.39 is 0 Å².